The number of hydrogen-bond acceptors (Lipinski definition) is 3. The molecule has 1 aromatic rings. The minimum Gasteiger partial charge on any atom is -0.474 e. The molecule has 0 aliphatic heterocycles. The Hall–Kier alpha value is -1.29. The number of ether oxygens (including phenoxy) is 1. The third kappa shape index (κ3) is 3.63. The molecular formula is C15H19ClN2O2. The van der Waals surface area contributed by atoms with E-state index in [1.54, 1.807) is 18.3 Å². The van der Waals surface area contributed by atoms with Crippen molar-refractivity contribution in [3.8, 4) is 5.88 Å². The van der Waals surface area contributed by atoms with Gasteiger partial charge < -0.3 is 10.1 Å². The number of carbonyl (C=O) groups excluding carboxylic acids is 1. The van der Waals surface area contributed by atoms with Crippen LogP contribution in [0.5, 0.6) is 5.88 Å². The quantitative estimate of drug-likeness (QED) is 0.929. The molecule has 0 radical (unpaired) electrons. The van der Waals surface area contributed by atoms with Crippen LogP contribution in [-0.2, 0) is 4.79 Å². The van der Waals surface area contributed by atoms with Crippen molar-refractivity contribution in [3.05, 3.63) is 23.4 Å². The summed E-state index contributed by atoms with van der Waals surface area (Å²) in [5.41, 5.74) is 0. The zero-order valence-electron chi connectivity index (χ0n) is 11.3. The maximum absolute atomic E-state index is 11.7. The van der Waals surface area contributed by atoms with Crippen LogP contribution < -0.4 is 10.1 Å². The van der Waals surface area contributed by atoms with Crippen LogP contribution in [0.15, 0.2) is 18.3 Å². The molecule has 108 valence electrons. The summed E-state index contributed by atoms with van der Waals surface area (Å²) in [7, 11) is 0. The van der Waals surface area contributed by atoms with E-state index in [1.807, 2.05) is 0 Å². The van der Waals surface area contributed by atoms with Gasteiger partial charge in [0.2, 0.25) is 11.8 Å². The average molecular weight is 295 g/mol. The average Bonchev–Trinajstić information content (AvgIpc) is 3.28. The van der Waals surface area contributed by atoms with E-state index in [2.05, 4.69) is 10.3 Å². The Morgan fingerprint density at radius 3 is 2.55 bits per heavy atom. The van der Waals surface area contributed by atoms with Gasteiger partial charge in [-0.1, -0.05) is 11.6 Å². The third-order valence-corrected chi connectivity index (χ3v) is 4.18. The molecule has 1 N–H and O–H groups in total. The van der Waals surface area contributed by atoms with Crippen molar-refractivity contribution in [2.24, 2.45) is 5.92 Å². The first-order valence-corrected chi connectivity index (χ1v) is 7.67. The molecular weight excluding hydrogens is 276 g/mol. The van der Waals surface area contributed by atoms with E-state index in [-0.39, 0.29) is 12.0 Å². The fourth-order valence-corrected chi connectivity index (χ4v) is 2.70. The molecule has 5 heteroatoms. The zero-order valence-corrected chi connectivity index (χ0v) is 12.1. The molecule has 0 aromatic carbocycles. The number of rotatable bonds is 4. The summed E-state index contributed by atoms with van der Waals surface area (Å²) >= 11 is 5.79. The first kappa shape index (κ1) is 13.7. The lowest BCUT2D eigenvalue weighted by Crippen LogP contribution is -2.40. The van der Waals surface area contributed by atoms with Gasteiger partial charge in [0.05, 0.1) is 5.02 Å². The number of nitrogens with one attached hydrogen (secondary N) is 1. The number of hydrogen-bond donors (Lipinski definition) is 1. The molecule has 2 fully saturated rings. The van der Waals surface area contributed by atoms with Gasteiger partial charge in [0.25, 0.3) is 0 Å². The normalized spacial score (nSPS) is 26.1. The maximum atomic E-state index is 11.7. The Labute approximate surface area is 123 Å². The summed E-state index contributed by atoms with van der Waals surface area (Å²) in [6.07, 6.45) is 7.79. The van der Waals surface area contributed by atoms with E-state index in [0.29, 0.717) is 22.9 Å². The minimum absolute atomic E-state index is 0.192. The lowest BCUT2D eigenvalue weighted by atomic mass is 9.93. The number of aromatic nitrogens is 1. The first-order chi connectivity index (χ1) is 9.70. The highest BCUT2D eigenvalue weighted by atomic mass is 35.5. The SMILES string of the molecule is O=C(NC1CCC(Oc2ccc(Cl)cn2)CC1)C1CC1. The van der Waals surface area contributed by atoms with E-state index < -0.39 is 0 Å². The monoisotopic (exact) mass is 294 g/mol. The molecule has 0 unspecified atom stereocenters. The van der Waals surface area contributed by atoms with Crippen LogP contribution in [0, 0.1) is 5.92 Å². The lowest BCUT2D eigenvalue weighted by Gasteiger charge is -2.29. The molecule has 2 aliphatic carbocycles. The van der Waals surface area contributed by atoms with Crippen molar-refractivity contribution >= 4 is 17.5 Å². The molecule has 1 aromatic heterocycles. The van der Waals surface area contributed by atoms with Crippen LogP contribution in [0.25, 0.3) is 0 Å². The van der Waals surface area contributed by atoms with Crippen molar-refractivity contribution in [1.82, 2.24) is 10.3 Å². The van der Waals surface area contributed by atoms with Gasteiger partial charge in [-0.2, -0.15) is 0 Å². The summed E-state index contributed by atoms with van der Waals surface area (Å²) in [4.78, 5) is 15.9. The van der Waals surface area contributed by atoms with Crippen LogP contribution in [0.3, 0.4) is 0 Å². The topological polar surface area (TPSA) is 51.2 Å². The molecule has 4 nitrogen and oxygen atoms in total. The predicted molar refractivity (Wildman–Crippen MR) is 76.8 cm³/mol. The summed E-state index contributed by atoms with van der Waals surface area (Å²) in [5.74, 6) is 1.16. The van der Waals surface area contributed by atoms with Gasteiger partial charge in [0, 0.05) is 24.2 Å². The van der Waals surface area contributed by atoms with Gasteiger partial charge in [-0.05, 0) is 44.6 Å². The highest BCUT2D eigenvalue weighted by Crippen LogP contribution is 2.30. The summed E-state index contributed by atoms with van der Waals surface area (Å²) in [6.45, 7) is 0. The van der Waals surface area contributed by atoms with E-state index in [4.69, 9.17) is 16.3 Å². The van der Waals surface area contributed by atoms with Crippen molar-refractivity contribution in [3.63, 3.8) is 0 Å². The summed E-state index contributed by atoms with van der Waals surface area (Å²) in [5, 5.41) is 3.76. The van der Waals surface area contributed by atoms with Crippen LogP contribution in [-0.4, -0.2) is 23.0 Å². The Morgan fingerprint density at radius 1 is 1.20 bits per heavy atom. The Balaban J connectivity index is 1.43. The largest absolute Gasteiger partial charge is 0.474 e. The molecule has 1 heterocycles. The van der Waals surface area contributed by atoms with Gasteiger partial charge in [0.1, 0.15) is 6.10 Å². The highest BCUT2D eigenvalue weighted by Gasteiger charge is 2.32. The number of amides is 1. The number of pyridine rings is 1. The van der Waals surface area contributed by atoms with Crippen LogP contribution >= 0.6 is 11.6 Å². The molecule has 1 amide bonds. The molecule has 2 saturated carbocycles. The van der Waals surface area contributed by atoms with E-state index in [9.17, 15) is 4.79 Å². The molecule has 0 bridgehead atoms. The van der Waals surface area contributed by atoms with Gasteiger partial charge in [-0.15, -0.1) is 0 Å². The van der Waals surface area contributed by atoms with Crippen molar-refractivity contribution < 1.29 is 9.53 Å². The molecule has 0 saturated heterocycles. The second kappa shape index (κ2) is 6.00. The summed E-state index contributed by atoms with van der Waals surface area (Å²) in [6, 6.07) is 3.90. The van der Waals surface area contributed by atoms with Gasteiger partial charge >= 0.3 is 0 Å². The Bertz CT molecular complexity index is 465. The van der Waals surface area contributed by atoms with Crippen LogP contribution in [0.1, 0.15) is 38.5 Å². The molecule has 0 spiro atoms. The van der Waals surface area contributed by atoms with Crippen molar-refractivity contribution in [2.75, 3.05) is 0 Å². The predicted octanol–water partition coefficient (Wildman–Crippen LogP) is 2.95. The third-order valence-electron chi connectivity index (χ3n) is 3.96. The van der Waals surface area contributed by atoms with Gasteiger partial charge in [-0.25, -0.2) is 4.98 Å². The van der Waals surface area contributed by atoms with E-state index in [0.717, 1.165) is 38.5 Å². The highest BCUT2D eigenvalue weighted by molar-refractivity contribution is 6.30. The first-order valence-electron chi connectivity index (χ1n) is 7.29. The molecule has 3 rings (SSSR count). The van der Waals surface area contributed by atoms with Crippen molar-refractivity contribution in [2.45, 2.75) is 50.7 Å². The summed E-state index contributed by atoms with van der Waals surface area (Å²) < 4.78 is 5.84. The van der Waals surface area contributed by atoms with E-state index in [1.165, 1.54) is 0 Å². The zero-order chi connectivity index (χ0) is 13.9. The van der Waals surface area contributed by atoms with E-state index >= 15 is 0 Å². The minimum atomic E-state index is 0.192. The van der Waals surface area contributed by atoms with Gasteiger partial charge in [-0.3, -0.25) is 4.79 Å². The maximum Gasteiger partial charge on any atom is 0.223 e. The van der Waals surface area contributed by atoms with Gasteiger partial charge in [0.15, 0.2) is 0 Å². The molecule has 20 heavy (non-hydrogen) atoms. The van der Waals surface area contributed by atoms with Crippen LogP contribution in [0.2, 0.25) is 5.02 Å². The Kier molecular flexibility index (Phi) is 4.10. The standard InChI is InChI=1S/C15H19ClN2O2/c16-11-3-8-14(17-9-11)20-13-6-4-12(5-7-13)18-15(19)10-1-2-10/h3,8-10,12-13H,1-2,4-7H2,(H,18,19). The number of nitrogens with zero attached hydrogens (tertiary/aromatic N) is 1. The van der Waals surface area contributed by atoms with Crippen molar-refractivity contribution in [1.29, 1.82) is 0 Å². The Morgan fingerprint density at radius 2 is 1.95 bits per heavy atom. The second-order valence-corrected chi connectivity index (χ2v) is 6.13. The van der Waals surface area contributed by atoms with Crippen LogP contribution in [0.4, 0.5) is 0 Å². The smallest absolute Gasteiger partial charge is 0.223 e. The fraction of sp³-hybridized carbons (Fsp3) is 0.600. The molecule has 0 atom stereocenters. The number of halogens is 1. The second-order valence-electron chi connectivity index (χ2n) is 5.69. The number of carbonyl (C=O) groups is 1. The molecule has 2 aliphatic rings. The lowest BCUT2D eigenvalue weighted by molar-refractivity contribution is -0.123. The fourth-order valence-electron chi connectivity index (χ4n) is 2.59.